The second kappa shape index (κ2) is 9.19. The summed E-state index contributed by atoms with van der Waals surface area (Å²) in [6, 6.07) is 60.5. The predicted molar refractivity (Wildman–Crippen MR) is 204 cm³/mol. The molecule has 0 aliphatic rings. The lowest BCUT2D eigenvalue weighted by atomic mass is 9.82. The Balaban J connectivity index is 1.37. The van der Waals surface area contributed by atoms with Crippen LogP contribution in [0, 0.1) is 0 Å². The van der Waals surface area contributed by atoms with Crippen LogP contribution in [0.3, 0.4) is 0 Å². The first-order valence-electron chi connectivity index (χ1n) is 16.4. The molecule has 0 saturated heterocycles. The van der Waals surface area contributed by atoms with Crippen molar-refractivity contribution < 1.29 is 0 Å². The maximum absolute atomic E-state index is 2.40. The average molecular weight is 594 g/mol. The molecule has 1 heteroatoms. The van der Waals surface area contributed by atoms with Crippen molar-refractivity contribution in [3.05, 3.63) is 164 Å². The van der Waals surface area contributed by atoms with Gasteiger partial charge in [0.25, 0.3) is 0 Å². The third-order valence-corrected chi connectivity index (χ3v) is 10.5. The topological polar surface area (TPSA) is 3.24 Å². The number of anilines is 3. The highest BCUT2D eigenvalue weighted by Gasteiger charge is 2.23. The van der Waals surface area contributed by atoms with Gasteiger partial charge < -0.3 is 4.90 Å². The number of benzene rings is 11. The normalized spacial score (nSPS) is 12.3. The minimum atomic E-state index is 1.15. The molecule has 11 rings (SSSR count). The Labute approximate surface area is 271 Å². The first kappa shape index (κ1) is 25.1. The van der Waals surface area contributed by atoms with E-state index in [1.54, 1.807) is 0 Å². The molecule has 11 aromatic rings. The maximum atomic E-state index is 2.40. The molecule has 0 fully saturated rings. The smallest absolute Gasteiger partial charge is 0.0540 e. The van der Waals surface area contributed by atoms with Gasteiger partial charge in [0.2, 0.25) is 0 Å². The van der Waals surface area contributed by atoms with E-state index in [4.69, 9.17) is 0 Å². The van der Waals surface area contributed by atoms with E-state index in [0.717, 1.165) is 11.4 Å². The van der Waals surface area contributed by atoms with E-state index in [2.05, 4.69) is 169 Å². The summed E-state index contributed by atoms with van der Waals surface area (Å²) in [6.07, 6.45) is 0. The van der Waals surface area contributed by atoms with Crippen LogP contribution in [0.1, 0.15) is 0 Å². The zero-order chi connectivity index (χ0) is 30.6. The molecule has 0 bridgehead atoms. The molecule has 1 nitrogen and oxygen atoms in total. The third kappa shape index (κ3) is 3.23. The number of fused-ring (bicyclic) bond motifs is 6. The quantitative estimate of drug-likeness (QED) is 0.145. The van der Waals surface area contributed by atoms with Crippen LogP contribution >= 0.6 is 0 Å². The number of rotatable bonds is 3. The second-order valence-corrected chi connectivity index (χ2v) is 12.8. The van der Waals surface area contributed by atoms with E-state index < -0.39 is 0 Å². The highest BCUT2D eigenvalue weighted by molar-refractivity contribution is 6.47. The van der Waals surface area contributed by atoms with Crippen molar-refractivity contribution in [2.75, 3.05) is 4.90 Å². The fourth-order valence-corrected chi connectivity index (χ4v) is 8.71. The van der Waals surface area contributed by atoms with Crippen molar-refractivity contribution in [1.29, 1.82) is 0 Å². The molecular weight excluding hydrogens is 567 g/mol. The zero-order valence-electron chi connectivity index (χ0n) is 25.5. The van der Waals surface area contributed by atoms with Gasteiger partial charge in [0.15, 0.2) is 0 Å². The first-order chi connectivity index (χ1) is 23.4. The molecule has 0 aromatic heterocycles. The van der Waals surface area contributed by atoms with Gasteiger partial charge >= 0.3 is 0 Å². The largest absolute Gasteiger partial charge is 0.310 e. The van der Waals surface area contributed by atoms with Crippen molar-refractivity contribution in [2.24, 2.45) is 0 Å². The zero-order valence-corrected chi connectivity index (χ0v) is 25.5. The van der Waals surface area contributed by atoms with Gasteiger partial charge in [0, 0.05) is 16.8 Å². The SMILES string of the molecule is c1ccc(N(c2ccccc2)c2ccc3c4cccc5c4c(c4cccc2c34)c2cccc3c4cccc6cccc(c64)c5c32)cc1. The molecule has 0 atom stereocenters. The number of nitrogens with zero attached hydrogens (tertiary/aromatic N) is 1. The fourth-order valence-electron chi connectivity index (χ4n) is 8.71. The predicted octanol–water partition coefficient (Wildman–Crippen LogP) is 13.3. The summed E-state index contributed by atoms with van der Waals surface area (Å²) in [4.78, 5) is 2.40. The fraction of sp³-hybridized carbons (Fsp3) is 0. The van der Waals surface area contributed by atoms with Crippen molar-refractivity contribution in [1.82, 2.24) is 0 Å². The van der Waals surface area contributed by atoms with Crippen molar-refractivity contribution in [3.63, 3.8) is 0 Å². The second-order valence-electron chi connectivity index (χ2n) is 12.8. The molecule has 0 spiro atoms. The molecule has 0 saturated carbocycles. The van der Waals surface area contributed by atoms with Crippen LogP contribution in [0.25, 0.3) is 86.2 Å². The van der Waals surface area contributed by atoms with Gasteiger partial charge in [-0.05, 0) is 111 Å². The van der Waals surface area contributed by atoms with Gasteiger partial charge in [0.05, 0.1) is 5.69 Å². The Kier molecular flexibility index (Phi) is 4.90. The highest BCUT2D eigenvalue weighted by atomic mass is 15.1. The summed E-state index contributed by atoms with van der Waals surface area (Å²) in [5.41, 5.74) is 3.47. The Morgan fingerprint density at radius 2 is 0.617 bits per heavy atom. The molecule has 11 aromatic carbocycles. The number of hydrogen-bond donors (Lipinski definition) is 0. The summed E-state index contributed by atoms with van der Waals surface area (Å²) in [5, 5.41) is 21.3. The van der Waals surface area contributed by atoms with Crippen molar-refractivity contribution >= 4 is 103 Å². The van der Waals surface area contributed by atoms with Crippen LogP contribution in [0.5, 0.6) is 0 Å². The van der Waals surface area contributed by atoms with Gasteiger partial charge in [-0.1, -0.05) is 133 Å². The summed E-state index contributed by atoms with van der Waals surface area (Å²) in [5.74, 6) is 0. The highest BCUT2D eigenvalue weighted by Crippen LogP contribution is 2.51. The van der Waals surface area contributed by atoms with E-state index >= 15 is 0 Å². The van der Waals surface area contributed by atoms with E-state index in [0.29, 0.717) is 0 Å². The van der Waals surface area contributed by atoms with Crippen LogP contribution in [-0.4, -0.2) is 0 Å². The van der Waals surface area contributed by atoms with Crippen LogP contribution in [-0.2, 0) is 0 Å². The van der Waals surface area contributed by atoms with Crippen LogP contribution in [0.15, 0.2) is 164 Å². The molecule has 0 unspecified atom stereocenters. The minimum Gasteiger partial charge on any atom is -0.310 e. The van der Waals surface area contributed by atoms with Crippen molar-refractivity contribution in [2.45, 2.75) is 0 Å². The Hall–Kier alpha value is -6.18. The van der Waals surface area contributed by atoms with Crippen molar-refractivity contribution in [3.8, 4) is 0 Å². The first-order valence-corrected chi connectivity index (χ1v) is 16.4. The van der Waals surface area contributed by atoms with E-state index in [1.165, 1.54) is 91.9 Å². The Bertz CT molecular complexity index is 2950. The summed E-state index contributed by atoms with van der Waals surface area (Å²) < 4.78 is 0. The van der Waals surface area contributed by atoms with Crippen LogP contribution < -0.4 is 4.90 Å². The van der Waals surface area contributed by atoms with Gasteiger partial charge in [-0.2, -0.15) is 0 Å². The lowest BCUT2D eigenvalue weighted by Crippen LogP contribution is -2.10. The number of hydrogen-bond acceptors (Lipinski definition) is 1. The molecule has 0 N–H and O–H groups in total. The minimum absolute atomic E-state index is 1.15. The third-order valence-electron chi connectivity index (χ3n) is 10.5. The monoisotopic (exact) mass is 593 g/mol. The van der Waals surface area contributed by atoms with Crippen LogP contribution in [0.4, 0.5) is 17.1 Å². The van der Waals surface area contributed by atoms with Gasteiger partial charge in [0.1, 0.15) is 0 Å². The average Bonchev–Trinajstić information content (AvgIpc) is 3.14. The molecule has 0 radical (unpaired) electrons. The van der Waals surface area contributed by atoms with Gasteiger partial charge in [-0.3, -0.25) is 0 Å². The maximum Gasteiger partial charge on any atom is 0.0540 e. The Morgan fingerprint density at radius 1 is 0.234 bits per heavy atom. The molecular formula is C46H27N. The van der Waals surface area contributed by atoms with E-state index in [-0.39, 0.29) is 0 Å². The Morgan fingerprint density at radius 3 is 1.17 bits per heavy atom. The van der Waals surface area contributed by atoms with Gasteiger partial charge in [-0.25, -0.2) is 0 Å². The molecule has 0 amide bonds. The summed E-state index contributed by atoms with van der Waals surface area (Å²) in [6.45, 7) is 0. The molecule has 216 valence electrons. The number of para-hydroxylation sites is 2. The van der Waals surface area contributed by atoms with Gasteiger partial charge in [-0.15, -0.1) is 0 Å². The standard InChI is InChI=1S/C46H27N/c1-3-14-29(15-4-1)47(30-16-5-2-6-17-30)40-27-26-34-33-20-10-24-38-44(33)46(37-23-11-21-35(40)42(34)37)39-25-9-19-32-31-18-7-12-28-13-8-22-36(41(28)31)45(38)43(32)39/h1-27H. The van der Waals surface area contributed by atoms with Crippen LogP contribution in [0.2, 0.25) is 0 Å². The molecule has 0 heterocycles. The van der Waals surface area contributed by atoms with E-state index in [1.807, 2.05) is 0 Å². The lowest BCUT2D eigenvalue weighted by molar-refractivity contribution is 1.30. The molecule has 0 aliphatic carbocycles. The summed E-state index contributed by atoms with van der Waals surface area (Å²) in [7, 11) is 0. The molecule has 47 heavy (non-hydrogen) atoms. The molecule has 0 aliphatic heterocycles. The lowest BCUT2D eigenvalue weighted by Gasteiger charge is -2.28. The van der Waals surface area contributed by atoms with E-state index in [9.17, 15) is 0 Å². The summed E-state index contributed by atoms with van der Waals surface area (Å²) >= 11 is 0.